The number of aromatic nitrogens is 1. The van der Waals surface area contributed by atoms with E-state index in [0.717, 1.165) is 20.8 Å². The lowest BCUT2D eigenvalue weighted by Crippen LogP contribution is -2.21. The predicted molar refractivity (Wildman–Crippen MR) is 98.0 cm³/mol. The van der Waals surface area contributed by atoms with Crippen LogP contribution in [0.5, 0.6) is 0 Å². The third-order valence-electron chi connectivity index (χ3n) is 3.55. The van der Waals surface area contributed by atoms with Crippen molar-refractivity contribution in [2.75, 3.05) is 18.7 Å². The molecule has 0 saturated carbocycles. The van der Waals surface area contributed by atoms with Crippen LogP contribution in [0.4, 0.5) is 5.69 Å². The van der Waals surface area contributed by atoms with Crippen LogP contribution < -0.4 is 5.32 Å². The van der Waals surface area contributed by atoms with Gasteiger partial charge in [0, 0.05) is 16.0 Å². The summed E-state index contributed by atoms with van der Waals surface area (Å²) in [6.45, 7) is 0.0535. The number of hydrogen-bond acceptors (Lipinski definition) is 5. The van der Waals surface area contributed by atoms with Crippen molar-refractivity contribution >= 4 is 50.9 Å². The summed E-state index contributed by atoms with van der Waals surface area (Å²) in [6.07, 6.45) is 1.98. The second-order valence-corrected chi connectivity index (χ2v) is 6.84. The van der Waals surface area contributed by atoms with Crippen molar-refractivity contribution in [2.45, 2.75) is 11.4 Å². The van der Waals surface area contributed by atoms with Crippen molar-refractivity contribution < 1.29 is 14.3 Å². The van der Waals surface area contributed by atoms with Crippen LogP contribution in [0.25, 0.3) is 10.2 Å². The molecule has 0 unspecified atom stereocenters. The number of benzene rings is 1. The molecule has 0 spiro atoms. The number of fused-ring (bicyclic) bond motifs is 1. The molecule has 1 N–H and O–H groups in total. The van der Waals surface area contributed by atoms with Crippen molar-refractivity contribution in [3.05, 3.63) is 47.5 Å². The second-order valence-electron chi connectivity index (χ2n) is 5.07. The molecule has 3 aromatic rings. The van der Waals surface area contributed by atoms with E-state index in [1.165, 1.54) is 18.4 Å². The highest BCUT2D eigenvalue weighted by atomic mass is 32.2. The number of hydrogen-bond donors (Lipinski definition) is 1. The van der Waals surface area contributed by atoms with Gasteiger partial charge >= 0.3 is 5.97 Å². The van der Waals surface area contributed by atoms with Gasteiger partial charge in [0.2, 0.25) is 5.91 Å². The number of carbonyl (C=O) groups is 2. The van der Waals surface area contributed by atoms with Gasteiger partial charge in [-0.15, -0.1) is 23.1 Å². The Balaban J connectivity index is 1.84. The smallest absolute Gasteiger partial charge is 0.354 e. The summed E-state index contributed by atoms with van der Waals surface area (Å²) in [7, 11) is 1.34. The number of thioether (sulfide) groups is 1. The molecule has 124 valence electrons. The monoisotopic (exact) mass is 360 g/mol. The first kappa shape index (κ1) is 16.6. The Bertz CT molecular complexity index is 898. The molecule has 0 aliphatic rings. The average Bonchev–Trinajstić information content (AvgIpc) is 3.17. The van der Waals surface area contributed by atoms with Crippen molar-refractivity contribution in [3.8, 4) is 0 Å². The largest absolute Gasteiger partial charge is 0.464 e. The summed E-state index contributed by atoms with van der Waals surface area (Å²) in [5.41, 5.74) is 1.12. The Morgan fingerprint density at radius 2 is 2.12 bits per heavy atom. The van der Waals surface area contributed by atoms with E-state index in [1.807, 2.05) is 42.0 Å². The molecule has 3 rings (SSSR count). The fourth-order valence-electron chi connectivity index (χ4n) is 2.45. The predicted octanol–water partition coefficient (Wildman–Crippen LogP) is 3.85. The maximum Gasteiger partial charge on any atom is 0.354 e. The van der Waals surface area contributed by atoms with Gasteiger partial charge in [0.25, 0.3) is 0 Å². The minimum absolute atomic E-state index is 0.0535. The van der Waals surface area contributed by atoms with Crippen molar-refractivity contribution in [1.82, 2.24) is 4.57 Å². The number of carbonyl (C=O) groups excluding carboxylic acids is 2. The molecule has 0 saturated heterocycles. The topological polar surface area (TPSA) is 60.3 Å². The van der Waals surface area contributed by atoms with Crippen LogP contribution in [0.3, 0.4) is 0 Å². The normalized spacial score (nSPS) is 10.8. The molecule has 2 heterocycles. The van der Waals surface area contributed by atoms with Gasteiger partial charge in [0.15, 0.2) is 0 Å². The van der Waals surface area contributed by atoms with E-state index in [-0.39, 0.29) is 12.5 Å². The highest BCUT2D eigenvalue weighted by Gasteiger charge is 2.19. The van der Waals surface area contributed by atoms with E-state index >= 15 is 0 Å². The quantitative estimate of drug-likeness (QED) is 0.555. The zero-order chi connectivity index (χ0) is 17.1. The van der Waals surface area contributed by atoms with Gasteiger partial charge in [0.1, 0.15) is 17.1 Å². The van der Waals surface area contributed by atoms with Crippen molar-refractivity contribution in [1.29, 1.82) is 0 Å². The SMILES string of the molecule is COC(=O)c1cc2ccsc2n1CC(=O)Nc1cccc(SC)c1. The van der Waals surface area contributed by atoms with E-state index in [9.17, 15) is 9.59 Å². The van der Waals surface area contributed by atoms with Crippen LogP contribution in [0.15, 0.2) is 46.7 Å². The number of nitrogens with one attached hydrogen (secondary N) is 1. The van der Waals surface area contributed by atoms with Gasteiger partial charge in [0.05, 0.1) is 7.11 Å². The molecule has 0 radical (unpaired) electrons. The number of esters is 1. The molecular weight excluding hydrogens is 344 g/mol. The molecular formula is C17H16N2O3S2. The van der Waals surface area contributed by atoms with Crippen LogP contribution in [0, 0.1) is 0 Å². The summed E-state index contributed by atoms with van der Waals surface area (Å²) in [6, 6.07) is 11.3. The Morgan fingerprint density at radius 3 is 2.88 bits per heavy atom. The molecule has 0 fully saturated rings. The third-order valence-corrected chi connectivity index (χ3v) is 5.23. The van der Waals surface area contributed by atoms with Crippen LogP contribution >= 0.6 is 23.1 Å². The lowest BCUT2D eigenvalue weighted by Gasteiger charge is -2.10. The second kappa shape index (κ2) is 7.11. The van der Waals surface area contributed by atoms with E-state index in [2.05, 4.69) is 5.32 Å². The summed E-state index contributed by atoms with van der Waals surface area (Å²) in [4.78, 5) is 26.3. The fourth-order valence-corrected chi connectivity index (χ4v) is 3.81. The van der Waals surface area contributed by atoms with Crippen LogP contribution in [-0.4, -0.2) is 29.8 Å². The van der Waals surface area contributed by atoms with Crippen LogP contribution in [0.1, 0.15) is 10.5 Å². The van der Waals surface area contributed by atoms with E-state index in [1.54, 1.807) is 22.4 Å². The number of amides is 1. The number of anilines is 1. The average molecular weight is 360 g/mol. The standard InChI is InChI=1S/C17H16N2O3S2/c1-22-17(21)14-8-11-6-7-24-16(11)19(14)10-15(20)18-12-4-3-5-13(9-12)23-2/h3-9H,10H2,1-2H3,(H,18,20). The zero-order valence-electron chi connectivity index (χ0n) is 13.2. The minimum Gasteiger partial charge on any atom is -0.464 e. The number of ether oxygens (including phenoxy) is 1. The van der Waals surface area contributed by atoms with E-state index in [0.29, 0.717) is 5.69 Å². The van der Waals surface area contributed by atoms with Crippen molar-refractivity contribution in [3.63, 3.8) is 0 Å². The van der Waals surface area contributed by atoms with Gasteiger partial charge in [-0.3, -0.25) is 4.79 Å². The molecule has 1 amide bonds. The van der Waals surface area contributed by atoms with E-state index < -0.39 is 5.97 Å². The molecule has 24 heavy (non-hydrogen) atoms. The molecule has 1 aromatic carbocycles. The minimum atomic E-state index is -0.449. The maximum atomic E-state index is 12.4. The van der Waals surface area contributed by atoms with Gasteiger partial charge in [-0.05, 0) is 42.0 Å². The first-order chi connectivity index (χ1) is 11.6. The zero-order valence-corrected chi connectivity index (χ0v) is 14.9. The fraction of sp³-hybridized carbons (Fsp3) is 0.176. The summed E-state index contributed by atoms with van der Waals surface area (Å²) >= 11 is 3.10. The Hall–Kier alpha value is -2.25. The molecule has 0 aliphatic heterocycles. The van der Waals surface area contributed by atoms with E-state index in [4.69, 9.17) is 4.74 Å². The molecule has 0 atom stereocenters. The highest BCUT2D eigenvalue weighted by molar-refractivity contribution is 7.98. The van der Waals surface area contributed by atoms with Crippen molar-refractivity contribution in [2.24, 2.45) is 0 Å². The molecule has 0 bridgehead atoms. The van der Waals surface area contributed by atoms with Gasteiger partial charge in [-0.1, -0.05) is 6.07 Å². The lowest BCUT2D eigenvalue weighted by atomic mass is 10.3. The Kier molecular flexibility index (Phi) is 4.92. The maximum absolute atomic E-state index is 12.4. The van der Waals surface area contributed by atoms with Crippen LogP contribution in [-0.2, 0) is 16.1 Å². The number of rotatable bonds is 5. The molecule has 5 nitrogen and oxygen atoms in total. The summed E-state index contributed by atoms with van der Waals surface area (Å²) in [5.74, 6) is -0.639. The Labute approximate surface area is 147 Å². The van der Waals surface area contributed by atoms with Gasteiger partial charge in [-0.2, -0.15) is 0 Å². The summed E-state index contributed by atoms with van der Waals surface area (Å²) in [5, 5.41) is 5.74. The number of thiophene rings is 1. The number of nitrogens with zero attached hydrogens (tertiary/aromatic N) is 1. The first-order valence-corrected chi connectivity index (χ1v) is 9.31. The Morgan fingerprint density at radius 1 is 1.29 bits per heavy atom. The highest BCUT2D eigenvalue weighted by Crippen LogP contribution is 2.26. The number of methoxy groups -OCH3 is 1. The van der Waals surface area contributed by atoms with Gasteiger partial charge < -0.3 is 14.6 Å². The molecule has 2 aromatic heterocycles. The molecule has 7 heteroatoms. The lowest BCUT2D eigenvalue weighted by molar-refractivity contribution is -0.116. The first-order valence-electron chi connectivity index (χ1n) is 7.21. The molecule has 0 aliphatic carbocycles. The van der Waals surface area contributed by atoms with Gasteiger partial charge in [-0.25, -0.2) is 4.79 Å². The summed E-state index contributed by atoms with van der Waals surface area (Å²) < 4.78 is 6.51. The van der Waals surface area contributed by atoms with Crippen LogP contribution in [0.2, 0.25) is 0 Å². The third kappa shape index (κ3) is 3.32.